The van der Waals surface area contributed by atoms with Crippen LogP contribution in [0.2, 0.25) is 0 Å². The zero-order valence-corrected chi connectivity index (χ0v) is 7.31. The molecular formula is C8H17N3O. The third-order valence-electron chi connectivity index (χ3n) is 2.10. The zero-order chi connectivity index (χ0) is 8.81. The minimum atomic E-state index is -0.230. The third kappa shape index (κ3) is 3.69. The Hall–Kier alpha value is -0.610. The SMILES string of the molecule is NC(=O)CCNC1CCCNC1. The lowest BCUT2D eigenvalue weighted by molar-refractivity contribution is -0.117. The van der Waals surface area contributed by atoms with Crippen molar-refractivity contribution in [2.24, 2.45) is 5.73 Å². The van der Waals surface area contributed by atoms with Gasteiger partial charge < -0.3 is 16.4 Å². The molecular weight excluding hydrogens is 154 g/mol. The molecule has 0 saturated carbocycles. The van der Waals surface area contributed by atoms with Gasteiger partial charge in [-0.2, -0.15) is 0 Å². The van der Waals surface area contributed by atoms with E-state index in [1.54, 1.807) is 0 Å². The first kappa shape index (κ1) is 9.48. The highest BCUT2D eigenvalue weighted by Gasteiger charge is 2.11. The molecule has 1 aliphatic heterocycles. The van der Waals surface area contributed by atoms with Crippen LogP contribution >= 0.6 is 0 Å². The van der Waals surface area contributed by atoms with Gasteiger partial charge in [0, 0.05) is 25.6 Å². The normalized spacial score (nSPS) is 23.8. The monoisotopic (exact) mass is 171 g/mol. The summed E-state index contributed by atoms with van der Waals surface area (Å²) >= 11 is 0. The van der Waals surface area contributed by atoms with Crippen molar-refractivity contribution in [3.8, 4) is 0 Å². The molecule has 4 nitrogen and oxygen atoms in total. The fourth-order valence-electron chi connectivity index (χ4n) is 1.43. The highest BCUT2D eigenvalue weighted by molar-refractivity contribution is 5.73. The van der Waals surface area contributed by atoms with Gasteiger partial charge in [0.05, 0.1) is 0 Å². The molecule has 1 saturated heterocycles. The fourth-order valence-corrected chi connectivity index (χ4v) is 1.43. The minimum absolute atomic E-state index is 0.230. The van der Waals surface area contributed by atoms with Crippen molar-refractivity contribution >= 4 is 5.91 Å². The number of piperidine rings is 1. The Morgan fingerprint density at radius 2 is 2.50 bits per heavy atom. The summed E-state index contributed by atoms with van der Waals surface area (Å²) in [5.74, 6) is -0.230. The number of rotatable bonds is 4. The molecule has 1 aliphatic rings. The summed E-state index contributed by atoms with van der Waals surface area (Å²) in [6, 6.07) is 0.526. The Labute approximate surface area is 72.9 Å². The molecule has 12 heavy (non-hydrogen) atoms. The van der Waals surface area contributed by atoms with Crippen molar-refractivity contribution in [3.05, 3.63) is 0 Å². The van der Waals surface area contributed by atoms with E-state index in [-0.39, 0.29) is 5.91 Å². The van der Waals surface area contributed by atoms with Gasteiger partial charge in [0.25, 0.3) is 0 Å². The van der Waals surface area contributed by atoms with E-state index in [1.807, 2.05) is 0 Å². The lowest BCUT2D eigenvalue weighted by Gasteiger charge is -2.23. The molecule has 1 unspecified atom stereocenters. The topological polar surface area (TPSA) is 67.2 Å². The number of carbonyl (C=O) groups excluding carboxylic acids is 1. The first-order valence-corrected chi connectivity index (χ1v) is 4.51. The van der Waals surface area contributed by atoms with Crippen LogP contribution in [-0.2, 0) is 4.79 Å². The maximum Gasteiger partial charge on any atom is 0.218 e. The summed E-state index contributed by atoms with van der Waals surface area (Å²) in [5, 5.41) is 6.58. The Balaban J connectivity index is 2.01. The lowest BCUT2D eigenvalue weighted by Crippen LogP contribution is -2.43. The molecule has 70 valence electrons. The first-order chi connectivity index (χ1) is 5.79. The Morgan fingerprint density at radius 3 is 3.08 bits per heavy atom. The van der Waals surface area contributed by atoms with E-state index in [0.717, 1.165) is 13.1 Å². The van der Waals surface area contributed by atoms with E-state index in [0.29, 0.717) is 19.0 Å². The number of nitrogens with two attached hydrogens (primary N) is 1. The fraction of sp³-hybridized carbons (Fsp3) is 0.875. The molecule has 0 spiro atoms. The molecule has 1 heterocycles. The molecule has 0 bridgehead atoms. The van der Waals surface area contributed by atoms with Gasteiger partial charge in [0.2, 0.25) is 5.91 Å². The smallest absolute Gasteiger partial charge is 0.218 e. The summed E-state index contributed by atoms with van der Waals surface area (Å²) in [4.78, 5) is 10.4. The van der Waals surface area contributed by atoms with Crippen LogP contribution in [-0.4, -0.2) is 31.6 Å². The second kappa shape index (κ2) is 5.11. The zero-order valence-electron chi connectivity index (χ0n) is 7.31. The number of hydrogen-bond acceptors (Lipinski definition) is 3. The maximum absolute atomic E-state index is 10.4. The molecule has 1 rings (SSSR count). The van der Waals surface area contributed by atoms with Crippen molar-refractivity contribution in [3.63, 3.8) is 0 Å². The molecule has 0 aliphatic carbocycles. The number of primary amides is 1. The second-order valence-corrected chi connectivity index (χ2v) is 3.21. The van der Waals surface area contributed by atoms with Crippen LogP contribution in [0.3, 0.4) is 0 Å². The van der Waals surface area contributed by atoms with E-state index in [9.17, 15) is 4.79 Å². The predicted octanol–water partition coefficient (Wildman–Crippen LogP) is -0.797. The minimum Gasteiger partial charge on any atom is -0.370 e. The number of nitrogens with one attached hydrogen (secondary N) is 2. The van der Waals surface area contributed by atoms with Gasteiger partial charge in [0.15, 0.2) is 0 Å². The quantitative estimate of drug-likeness (QED) is 0.519. The largest absolute Gasteiger partial charge is 0.370 e. The third-order valence-corrected chi connectivity index (χ3v) is 2.10. The van der Waals surface area contributed by atoms with E-state index >= 15 is 0 Å². The average molecular weight is 171 g/mol. The average Bonchev–Trinajstić information content (AvgIpc) is 2.05. The van der Waals surface area contributed by atoms with E-state index in [2.05, 4.69) is 10.6 Å². The molecule has 4 N–H and O–H groups in total. The van der Waals surface area contributed by atoms with Crippen LogP contribution in [0.5, 0.6) is 0 Å². The molecule has 0 radical (unpaired) electrons. The summed E-state index contributed by atoms with van der Waals surface area (Å²) < 4.78 is 0. The summed E-state index contributed by atoms with van der Waals surface area (Å²) in [6.07, 6.45) is 2.86. The van der Waals surface area contributed by atoms with Crippen LogP contribution in [0.25, 0.3) is 0 Å². The standard InChI is InChI=1S/C8H17N3O/c9-8(12)3-5-11-7-2-1-4-10-6-7/h7,10-11H,1-6H2,(H2,9,12). The molecule has 0 aromatic rings. The highest BCUT2D eigenvalue weighted by atomic mass is 16.1. The summed E-state index contributed by atoms with van der Waals surface area (Å²) in [5.41, 5.74) is 5.01. The summed E-state index contributed by atoms with van der Waals surface area (Å²) in [7, 11) is 0. The van der Waals surface area contributed by atoms with Crippen molar-refractivity contribution in [1.82, 2.24) is 10.6 Å². The van der Waals surface area contributed by atoms with Crippen LogP contribution in [0.1, 0.15) is 19.3 Å². The molecule has 1 amide bonds. The molecule has 1 atom stereocenters. The maximum atomic E-state index is 10.4. The van der Waals surface area contributed by atoms with E-state index in [1.165, 1.54) is 12.8 Å². The second-order valence-electron chi connectivity index (χ2n) is 3.21. The van der Waals surface area contributed by atoms with Crippen molar-refractivity contribution in [1.29, 1.82) is 0 Å². The van der Waals surface area contributed by atoms with Crippen molar-refractivity contribution < 1.29 is 4.79 Å². The van der Waals surface area contributed by atoms with Crippen molar-refractivity contribution in [2.75, 3.05) is 19.6 Å². The molecule has 0 aromatic heterocycles. The Kier molecular flexibility index (Phi) is 4.04. The molecule has 1 fully saturated rings. The predicted molar refractivity (Wildman–Crippen MR) is 47.7 cm³/mol. The van der Waals surface area contributed by atoms with Crippen LogP contribution in [0.4, 0.5) is 0 Å². The summed E-state index contributed by atoms with van der Waals surface area (Å²) in [6.45, 7) is 2.84. The first-order valence-electron chi connectivity index (χ1n) is 4.51. The van der Waals surface area contributed by atoms with Crippen LogP contribution < -0.4 is 16.4 Å². The van der Waals surface area contributed by atoms with Gasteiger partial charge in [-0.15, -0.1) is 0 Å². The number of amides is 1. The molecule has 0 aromatic carbocycles. The number of hydrogen-bond donors (Lipinski definition) is 3. The van der Waals surface area contributed by atoms with Crippen LogP contribution in [0.15, 0.2) is 0 Å². The lowest BCUT2D eigenvalue weighted by atomic mass is 10.1. The Morgan fingerprint density at radius 1 is 1.67 bits per heavy atom. The van der Waals surface area contributed by atoms with Gasteiger partial charge >= 0.3 is 0 Å². The van der Waals surface area contributed by atoms with E-state index < -0.39 is 0 Å². The van der Waals surface area contributed by atoms with Gasteiger partial charge in [-0.3, -0.25) is 4.79 Å². The van der Waals surface area contributed by atoms with E-state index in [4.69, 9.17) is 5.73 Å². The van der Waals surface area contributed by atoms with Gasteiger partial charge in [-0.05, 0) is 19.4 Å². The highest BCUT2D eigenvalue weighted by Crippen LogP contribution is 2.00. The van der Waals surface area contributed by atoms with Gasteiger partial charge in [-0.1, -0.05) is 0 Å². The van der Waals surface area contributed by atoms with Crippen molar-refractivity contribution in [2.45, 2.75) is 25.3 Å². The van der Waals surface area contributed by atoms with Crippen LogP contribution in [0, 0.1) is 0 Å². The molecule has 4 heteroatoms. The Bertz CT molecular complexity index is 143. The van der Waals surface area contributed by atoms with Gasteiger partial charge in [-0.25, -0.2) is 0 Å². The van der Waals surface area contributed by atoms with Gasteiger partial charge in [0.1, 0.15) is 0 Å². The number of carbonyl (C=O) groups is 1.